The summed E-state index contributed by atoms with van der Waals surface area (Å²) in [6.07, 6.45) is 2.32. The van der Waals surface area contributed by atoms with Crippen LogP contribution in [0.5, 0.6) is 0 Å². The molecule has 138 valence electrons. The molecule has 5 rings (SSSR count). The number of carbonyl (C=O) groups excluding carboxylic acids is 2. The Labute approximate surface area is 160 Å². The van der Waals surface area contributed by atoms with Gasteiger partial charge in [0.1, 0.15) is 5.82 Å². The van der Waals surface area contributed by atoms with Gasteiger partial charge >= 0.3 is 0 Å². The SMILES string of the molecule is O=C1Cc2c(cccc2Nc2ccnc(Nc3cccc4c3CC(=O)N4)n2)N1. The van der Waals surface area contributed by atoms with E-state index in [9.17, 15) is 9.59 Å². The third-order valence-corrected chi connectivity index (χ3v) is 4.74. The molecular formula is C20H16N6O2. The zero-order chi connectivity index (χ0) is 19.1. The maximum absolute atomic E-state index is 11.7. The molecule has 28 heavy (non-hydrogen) atoms. The number of fused-ring (bicyclic) bond motifs is 2. The topological polar surface area (TPSA) is 108 Å². The van der Waals surface area contributed by atoms with Gasteiger partial charge in [-0.15, -0.1) is 0 Å². The van der Waals surface area contributed by atoms with Crippen LogP contribution in [-0.4, -0.2) is 21.8 Å². The highest BCUT2D eigenvalue weighted by Crippen LogP contribution is 2.33. The van der Waals surface area contributed by atoms with Crippen molar-refractivity contribution in [2.75, 3.05) is 21.3 Å². The van der Waals surface area contributed by atoms with Crippen molar-refractivity contribution in [3.63, 3.8) is 0 Å². The summed E-state index contributed by atoms with van der Waals surface area (Å²) in [7, 11) is 0. The molecule has 8 heteroatoms. The number of rotatable bonds is 4. The maximum atomic E-state index is 11.7. The average molecular weight is 372 g/mol. The lowest BCUT2D eigenvalue weighted by Gasteiger charge is -2.12. The van der Waals surface area contributed by atoms with Crippen LogP contribution in [0.25, 0.3) is 0 Å². The molecule has 0 saturated carbocycles. The Morgan fingerprint density at radius 3 is 2.04 bits per heavy atom. The van der Waals surface area contributed by atoms with E-state index in [2.05, 4.69) is 31.2 Å². The van der Waals surface area contributed by atoms with E-state index in [1.165, 1.54) is 0 Å². The maximum Gasteiger partial charge on any atom is 0.229 e. The van der Waals surface area contributed by atoms with E-state index in [4.69, 9.17) is 0 Å². The van der Waals surface area contributed by atoms with Gasteiger partial charge in [-0.2, -0.15) is 4.98 Å². The van der Waals surface area contributed by atoms with Crippen LogP contribution < -0.4 is 21.3 Å². The Hall–Kier alpha value is -3.94. The number of hydrogen-bond acceptors (Lipinski definition) is 6. The van der Waals surface area contributed by atoms with Gasteiger partial charge < -0.3 is 21.3 Å². The van der Waals surface area contributed by atoms with Crippen molar-refractivity contribution in [3.05, 3.63) is 59.8 Å². The summed E-state index contributed by atoms with van der Waals surface area (Å²) in [4.78, 5) is 32.1. The lowest BCUT2D eigenvalue weighted by atomic mass is 10.1. The number of anilines is 6. The zero-order valence-corrected chi connectivity index (χ0v) is 14.7. The fourth-order valence-electron chi connectivity index (χ4n) is 3.48. The van der Waals surface area contributed by atoms with E-state index >= 15 is 0 Å². The van der Waals surface area contributed by atoms with Gasteiger partial charge in [0.15, 0.2) is 0 Å². The third-order valence-electron chi connectivity index (χ3n) is 4.74. The molecule has 0 radical (unpaired) electrons. The molecular weight excluding hydrogens is 356 g/mol. The largest absolute Gasteiger partial charge is 0.340 e. The summed E-state index contributed by atoms with van der Waals surface area (Å²) in [5.41, 5.74) is 5.08. The highest BCUT2D eigenvalue weighted by atomic mass is 16.2. The molecule has 2 amide bonds. The number of nitrogens with zero attached hydrogens (tertiary/aromatic N) is 2. The van der Waals surface area contributed by atoms with Crippen LogP contribution in [0, 0.1) is 0 Å². The van der Waals surface area contributed by atoms with E-state index in [0.29, 0.717) is 24.6 Å². The van der Waals surface area contributed by atoms with Gasteiger partial charge in [-0.3, -0.25) is 9.59 Å². The molecule has 0 bridgehead atoms. The first-order chi connectivity index (χ1) is 13.7. The van der Waals surface area contributed by atoms with Gasteiger partial charge in [0, 0.05) is 40.1 Å². The van der Waals surface area contributed by atoms with E-state index in [-0.39, 0.29) is 11.8 Å². The van der Waals surface area contributed by atoms with Crippen LogP contribution >= 0.6 is 0 Å². The molecule has 2 aliphatic heterocycles. The van der Waals surface area contributed by atoms with Gasteiger partial charge in [-0.1, -0.05) is 12.1 Å². The molecule has 0 saturated heterocycles. The molecule has 0 unspecified atom stereocenters. The first-order valence-electron chi connectivity index (χ1n) is 8.86. The van der Waals surface area contributed by atoms with Crippen molar-refractivity contribution in [2.24, 2.45) is 0 Å². The van der Waals surface area contributed by atoms with E-state index < -0.39 is 0 Å². The zero-order valence-electron chi connectivity index (χ0n) is 14.7. The lowest BCUT2D eigenvalue weighted by Crippen LogP contribution is -2.04. The second-order valence-electron chi connectivity index (χ2n) is 6.63. The van der Waals surface area contributed by atoms with E-state index in [1.54, 1.807) is 12.3 Å². The Kier molecular flexibility index (Phi) is 3.68. The predicted octanol–water partition coefficient (Wildman–Crippen LogP) is 2.95. The van der Waals surface area contributed by atoms with Gasteiger partial charge in [0.05, 0.1) is 12.8 Å². The predicted molar refractivity (Wildman–Crippen MR) is 106 cm³/mol. The molecule has 3 heterocycles. The number of nitrogens with one attached hydrogen (secondary N) is 4. The second kappa shape index (κ2) is 6.34. The fourth-order valence-corrected chi connectivity index (χ4v) is 3.48. The molecule has 8 nitrogen and oxygen atoms in total. The molecule has 0 fully saturated rings. The van der Waals surface area contributed by atoms with Crippen molar-refractivity contribution in [3.8, 4) is 0 Å². The minimum absolute atomic E-state index is 0.0182. The minimum atomic E-state index is -0.0262. The van der Waals surface area contributed by atoms with Crippen LogP contribution in [0.4, 0.5) is 34.5 Å². The first kappa shape index (κ1) is 16.2. The smallest absolute Gasteiger partial charge is 0.229 e. The van der Waals surface area contributed by atoms with E-state index in [0.717, 1.165) is 33.9 Å². The summed E-state index contributed by atoms with van der Waals surface area (Å²) in [5.74, 6) is 0.976. The van der Waals surface area contributed by atoms with Crippen molar-refractivity contribution in [2.45, 2.75) is 12.8 Å². The quantitative estimate of drug-likeness (QED) is 0.561. The standard InChI is InChI=1S/C20H16N6O2/c27-18-9-11-13(3-1-4-14(11)23-18)22-17-7-8-21-20(26-17)25-16-6-2-5-15-12(16)10-19(28)24-15/h1-8H,9-10H2,(H,23,27)(H,24,28)(H2,21,22,25,26). The number of benzene rings is 2. The molecule has 2 aliphatic rings. The number of amides is 2. The molecule has 2 aromatic carbocycles. The fraction of sp³-hybridized carbons (Fsp3) is 0.100. The van der Waals surface area contributed by atoms with Crippen molar-refractivity contribution < 1.29 is 9.59 Å². The molecule has 3 aromatic rings. The van der Waals surface area contributed by atoms with Crippen molar-refractivity contribution >= 4 is 46.3 Å². The van der Waals surface area contributed by atoms with Crippen molar-refractivity contribution in [1.82, 2.24) is 9.97 Å². The molecule has 0 atom stereocenters. The van der Waals surface area contributed by atoms with Gasteiger partial charge in [-0.25, -0.2) is 4.98 Å². The Balaban J connectivity index is 1.40. The number of hydrogen-bond donors (Lipinski definition) is 4. The molecule has 0 spiro atoms. The van der Waals surface area contributed by atoms with Crippen LogP contribution in [0.1, 0.15) is 11.1 Å². The Bertz CT molecular complexity index is 1040. The summed E-state index contributed by atoms with van der Waals surface area (Å²) in [6.45, 7) is 0. The highest BCUT2D eigenvalue weighted by molar-refractivity contribution is 6.02. The Morgan fingerprint density at radius 1 is 0.786 bits per heavy atom. The monoisotopic (exact) mass is 372 g/mol. The normalized spacial score (nSPS) is 14.1. The highest BCUT2D eigenvalue weighted by Gasteiger charge is 2.22. The number of aromatic nitrogens is 2. The first-order valence-corrected chi connectivity index (χ1v) is 8.86. The van der Waals surface area contributed by atoms with Crippen LogP contribution in [-0.2, 0) is 22.4 Å². The molecule has 0 aliphatic carbocycles. The molecule has 4 N–H and O–H groups in total. The lowest BCUT2D eigenvalue weighted by molar-refractivity contribution is -0.115. The van der Waals surface area contributed by atoms with Crippen molar-refractivity contribution in [1.29, 1.82) is 0 Å². The van der Waals surface area contributed by atoms with Gasteiger partial charge in [0.25, 0.3) is 0 Å². The summed E-state index contributed by atoms with van der Waals surface area (Å²) >= 11 is 0. The third kappa shape index (κ3) is 2.90. The van der Waals surface area contributed by atoms with Gasteiger partial charge in [-0.05, 0) is 30.3 Å². The van der Waals surface area contributed by atoms with E-state index in [1.807, 2.05) is 36.4 Å². The summed E-state index contributed by atoms with van der Waals surface area (Å²) in [5, 5.41) is 12.1. The van der Waals surface area contributed by atoms with Gasteiger partial charge in [0.2, 0.25) is 17.8 Å². The number of carbonyl (C=O) groups is 2. The van der Waals surface area contributed by atoms with Crippen LogP contribution in [0.3, 0.4) is 0 Å². The minimum Gasteiger partial charge on any atom is -0.340 e. The second-order valence-corrected chi connectivity index (χ2v) is 6.63. The van der Waals surface area contributed by atoms with Crippen LogP contribution in [0.2, 0.25) is 0 Å². The Morgan fingerprint density at radius 2 is 1.39 bits per heavy atom. The molecule has 1 aromatic heterocycles. The summed E-state index contributed by atoms with van der Waals surface area (Å²) in [6, 6.07) is 13.1. The average Bonchev–Trinajstić information content (AvgIpc) is 3.24. The summed E-state index contributed by atoms with van der Waals surface area (Å²) < 4.78 is 0. The van der Waals surface area contributed by atoms with Crippen LogP contribution in [0.15, 0.2) is 48.7 Å².